The first-order valence-corrected chi connectivity index (χ1v) is 9.82. The standard InChI is InChI=1S/C22H27N5.HI/c1-16-25-20-11-4-5-13-21(20)27(16)15-7-14-24-22(23)26-19-12-6-9-17-8-2-3-10-18(17)19;/h4-6,9,11-13H,2-3,7-8,10,14-15H2,1H3,(H3,23,24,26);1H. The van der Waals surface area contributed by atoms with E-state index in [4.69, 9.17) is 5.73 Å². The number of nitrogens with one attached hydrogen (secondary N) is 1. The van der Waals surface area contributed by atoms with Crippen molar-refractivity contribution >= 4 is 46.7 Å². The Morgan fingerprint density at radius 2 is 1.96 bits per heavy atom. The van der Waals surface area contributed by atoms with Crippen LogP contribution in [0.25, 0.3) is 11.0 Å². The lowest BCUT2D eigenvalue weighted by molar-refractivity contribution is 0.649. The van der Waals surface area contributed by atoms with E-state index in [2.05, 4.69) is 63.2 Å². The van der Waals surface area contributed by atoms with Gasteiger partial charge in [0.05, 0.1) is 11.0 Å². The third-order valence-corrected chi connectivity index (χ3v) is 5.33. The Morgan fingerprint density at radius 3 is 2.86 bits per heavy atom. The van der Waals surface area contributed by atoms with Crippen LogP contribution in [0.4, 0.5) is 5.69 Å². The average Bonchev–Trinajstić information content (AvgIpc) is 3.01. The molecule has 4 rings (SSSR count). The van der Waals surface area contributed by atoms with Gasteiger partial charge in [0, 0.05) is 18.8 Å². The monoisotopic (exact) mass is 489 g/mol. The summed E-state index contributed by atoms with van der Waals surface area (Å²) in [6.45, 7) is 3.64. The summed E-state index contributed by atoms with van der Waals surface area (Å²) in [5.41, 5.74) is 12.3. The Bertz CT molecular complexity index is 976. The predicted octanol–water partition coefficient (Wildman–Crippen LogP) is 4.66. The molecule has 0 aliphatic heterocycles. The summed E-state index contributed by atoms with van der Waals surface area (Å²) in [6.07, 6.45) is 5.75. The maximum Gasteiger partial charge on any atom is 0.193 e. The molecule has 0 unspecified atom stereocenters. The Hall–Kier alpha value is -2.09. The van der Waals surface area contributed by atoms with Crippen molar-refractivity contribution in [3.63, 3.8) is 0 Å². The molecule has 0 fully saturated rings. The minimum atomic E-state index is 0. The van der Waals surface area contributed by atoms with Crippen molar-refractivity contribution in [3.05, 3.63) is 59.4 Å². The summed E-state index contributed by atoms with van der Waals surface area (Å²) in [5, 5.41) is 3.31. The highest BCUT2D eigenvalue weighted by molar-refractivity contribution is 14.0. The molecule has 1 aliphatic rings. The van der Waals surface area contributed by atoms with Gasteiger partial charge in [0.2, 0.25) is 0 Å². The normalized spacial score (nSPS) is 13.8. The van der Waals surface area contributed by atoms with E-state index in [1.54, 1.807) is 0 Å². The number of imidazole rings is 1. The lowest BCUT2D eigenvalue weighted by Crippen LogP contribution is -2.24. The molecule has 0 spiro atoms. The quantitative estimate of drug-likeness (QED) is 0.237. The van der Waals surface area contributed by atoms with E-state index in [0.717, 1.165) is 36.4 Å². The van der Waals surface area contributed by atoms with E-state index in [-0.39, 0.29) is 24.0 Å². The van der Waals surface area contributed by atoms with E-state index < -0.39 is 0 Å². The van der Waals surface area contributed by atoms with Crippen molar-refractivity contribution in [2.75, 3.05) is 11.9 Å². The number of hydrogen-bond donors (Lipinski definition) is 2. The molecule has 148 valence electrons. The maximum absolute atomic E-state index is 6.14. The number of rotatable bonds is 5. The van der Waals surface area contributed by atoms with Gasteiger partial charge >= 0.3 is 0 Å². The van der Waals surface area contributed by atoms with Gasteiger partial charge in [0.1, 0.15) is 5.82 Å². The highest BCUT2D eigenvalue weighted by Crippen LogP contribution is 2.27. The second-order valence-corrected chi connectivity index (χ2v) is 7.20. The molecule has 0 amide bonds. The van der Waals surface area contributed by atoms with Crippen molar-refractivity contribution in [3.8, 4) is 0 Å². The molecule has 0 radical (unpaired) electrons. The smallest absolute Gasteiger partial charge is 0.193 e. The highest BCUT2D eigenvalue weighted by Gasteiger charge is 2.13. The fourth-order valence-corrected chi connectivity index (χ4v) is 3.98. The minimum Gasteiger partial charge on any atom is -0.370 e. The number of aromatic nitrogens is 2. The van der Waals surface area contributed by atoms with Crippen LogP contribution in [0.15, 0.2) is 47.5 Å². The molecule has 0 atom stereocenters. The lowest BCUT2D eigenvalue weighted by Gasteiger charge is -2.19. The molecule has 3 aromatic rings. The van der Waals surface area contributed by atoms with E-state index in [9.17, 15) is 0 Å². The van der Waals surface area contributed by atoms with Crippen LogP contribution in [0.1, 0.15) is 36.2 Å². The molecule has 2 aromatic carbocycles. The van der Waals surface area contributed by atoms with Crippen molar-refractivity contribution in [2.45, 2.75) is 45.6 Å². The second kappa shape index (κ2) is 9.41. The summed E-state index contributed by atoms with van der Waals surface area (Å²) >= 11 is 0. The molecule has 3 N–H and O–H groups in total. The molecular formula is C22H28IN5. The van der Waals surface area contributed by atoms with Gasteiger partial charge in [-0.25, -0.2) is 4.98 Å². The van der Waals surface area contributed by atoms with Gasteiger partial charge in [-0.15, -0.1) is 24.0 Å². The van der Waals surface area contributed by atoms with E-state index >= 15 is 0 Å². The third-order valence-electron chi connectivity index (χ3n) is 5.33. The number of nitrogens with two attached hydrogens (primary N) is 1. The van der Waals surface area contributed by atoms with Gasteiger partial charge in [-0.2, -0.15) is 0 Å². The number of benzene rings is 2. The van der Waals surface area contributed by atoms with Crippen molar-refractivity contribution in [2.24, 2.45) is 10.7 Å². The second-order valence-electron chi connectivity index (χ2n) is 7.20. The lowest BCUT2D eigenvalue weighted by atomic mass is 9.90. The molecule has 6 heteroatoms. The summed E-state index contributed by atoms with van der Waals surface area (Å²) < 4.78 is 2.25. The van der Waals surface area contributed by atoms with E-state index in [1.165, 1.54) is 35.9 Å². The number of hydrogen-bond acceptors (Lipinski definition) is 2. The van der Waals surface area contributed by atoms with Crippen LogP contribution in [0.3, 0.4) is 0 Å². The zero-order chi connectivity index (χ0) is 18.6. The molecule has 28 heavy (non-hydrogen) atoms. The van der Waals surface area contributed by atoms with E-state index in [1.807, 2.05) is 6.07 Å². The van der Waals surface area contributed by atoms with Gasteiger partial charge in [-0.1, -0.05) is 24.3 Å². The average molecular weight is 489 g/mol. The van der Waals surface area contributed by atoms with Crippen LogP contribution in [0.2, 0.25) is 0 Å². The van der Waals surface area contributed by atoms with Crippen molar-refractivity contribution in [1.29, 1.82) is 0 Å². The Morgan fingerprint density at radius 1 is 1.14 bits per heavy atom. The number of para-hydroxylation sites is 2. The van der Waals surface area contributed by atoms with Gasteiger partial charge in [0.25, 0.3) is 0 Å². The van der Waals surface area contributed by atoms with Gasteiger partial charge in [-0.05, 0) is 68.4 Å². The Labute approximate surface area is 183 Å². The summed E-state index contributed by atoms with van der Waals surface area (Å²) in [5.74, 6) is 1.54. The third kappa shape index (κ3) is 4.48. The summed E-state index contributed by atoms with van der Waals surface area (Å²) in [7, 11) is 0. The molecule has 0 saturated heterocycles. The zero-order valence-corrected chi connectivity index (χ0v) is 18.6. The maximum atomic E-state index is 6.14. The van der Waals surface area contributed by atoms with Crippen LogP contribution < -0.4 is 11.1 Å². The van der Waals surface area contributed by atoms with Crippen LogP contribution in [0.5, 0.6) is 0 Å². The molecular weight excluding hydrogens is 461 g/mol. The first kappa shape index (κ1) is 20.6. The summed E-state index contributed by atoms with van der Waals surface area (Å²) in [4.78, 5) is 9.14. The largest absolute Gasteiger partial charge is 0.370 e. The number of aliphatic imine (C=N–C) groups is 1. The molecule has 5 nitrogen and oxygen atoms in total. The Kier molecular flexibility index (Phi) is 6.93. The van der Waals surface area contributed by atoms with Crippen LogP contribution in [-0.4, -0.2) is 22.1 Å². The van der Waals surface area contributed by atoms with Gasteiger partial charge in [0.15, 0.2) is 5.96 Å². The van der Waals surface area contributed by atoms with Crippen molar-refractivity contribution < 1.29 is 0 Å². The van der Waals surface area contributed by atoms with Gasteiger partial charge < -0.3 is 15.6 Å². The number of halogens is 1. The van der Waals surface area contributed by atoms with Crippen LogP contribution >= 0.6 is 24.0 Å². The molecule has 1 heterocycles. The summed E-state index contributed by atoms with van der Waals surface area (Å²) in [6, 6.07) is 14.7. The number of guanidine groups is 1. The molecule has 0 bridgehead atoms. The van der Waals surface area contributed by atoms with Crippen LogP contribution in [-0.2, 0) is 19.4 Å². The topological polar surface area (TPSA) is 68.2 Å². The van der Waals surface area contributed by atoms with Crippen LogP contribution in [0, 0.1) is 6.92 Å². The highest BCUT2D eigenvalue weighted by atomic mass is 127. The van der Waals surface area contributed by atoms with E-state index in [0.29, 0.717) is 12.5 Å². The number of fused-ring (bicyclic) bond motifs is 2. The first-order chi connectivity index (χ1) is 13.2. The molecule has 1 aromatic heterocycles. The fraction of sp³-hybridized carbons (Fsp3) is 0.364. The first-order valence-electron chi connectivity index (χ1n) is 9.82. The fourth-order valence-electron chi connectivity index (χ4n) is 3.98. The molecule has 1 aliphatic carbocycles. The predicted molar refractivity (Wildman–Crippen MR) is 128 cm³/mol. The Balaban J connectivity index is 0.00000225. The number of anilines is 1. The zero-order valence-electron chi connectivity index (χ0n) is 16.3. The number of aryl methyl sites for hydroxylation is 3. The molecule has 0 saturated carbocycles. The number of nitrogens with zero attached hydrogens (tertiary/aromatic N) is 3. The SMILES string of the molecule is Cc1nc2ccccc2n1CCCN=C(N)Nc1cccc2c1CCCC2.I. The minimum absolute atomic E-state index is 0. The van der Waals surface area contributed by atoms with Gasteiger partial charge in [-0.3, -0.25) is 4.99 Å². The van der Waals surface area contributed by atoms with Crippen molar-refractivity contribution in [1.82, 2.24) is 9.55 Å².